The minimum Gasteiger partial charge on any atom is -0.387 e. The molecule has 0 aromatic carbocycles. The van der Waals surface area contributed by atoms with Gasteiger partial charge in [-0.25, -0.2) is 4.57 Å². The van der Waals surface area contributed by atoms with Crippen LogP contribution in [0.25, 0.3) is 0 Å². The van der Waals surface area contributed by atoms with Gasteiger partial charge >= 0.3 is 7.82 Å². The standard InChI is InChI=1S/C47H95N2O6P/c1-3-5-7-9-11-13-15-17-18-19-20-21-22-23-24-25-26-27-29-31-33-35-37-39-41-47(51)49-45(44-55-56(52,53)54-43-42-48)46(50)40-38-36-34-32-30-28-16-14-12-10-8-6-4-2/h38,40,45-46,50H,3-37,39,41-44,48H2,1-2H3,(H,49,51)(H,52,53)/b40-38+/t45-,46+/m0/s1. The maximum absolute atomic E-state index is 12.8. The first-order valence-corrected chi connectivity index (χ1v) is 25.8. The van der Waals surface area contributed by atoms with Crippen LogP contribution >= 0.6 is 7.82 Å². The summed E-state index contributed by atoms with van der Waals surface area (Å²) in [5.74, 6) is -0.189. The van der Waals surface area contributed by atoms with E-state index in [0.29, 0.717) is 6.42 Å². The molecule has 0 aromatic heterocycles. The Balaban J connectivity index is 4.00. The highest BCUT2D eigenvalue weighted by Gasteiger charge is 2.26. The molecule has 9 heteroatoms. The molecule has 0 radical (unpaired) electrons. The monoisotopic (exact) mass is 815 g/mol. The fourth-order valence-corrected chi connectivity index (χ4v) is 8.19. The predicted molar refractivity (Wildman–Crippen MR) is 240 cm³/mol. The summed E-state index contributed by atoms with van der Waals surface area (Å²) in [4.78, 5) is 22.7. The number of hydrogen-bond donors (Lipinski definition) is 4. The largest absolute Gasteiger partial charge is 0.472 e. The van der Waals surface area contributed by atoms with Gasteiger partial charge in [0.25, 0.3) is 0 Å². The van der Waals surface area contributed by atoms with Crippen molar-refractivity contribution in [3.05, 3.63) is 12.2 Å². The van der Waals surface area contributed by atoms with Gasteiger partial charge in [-0.3, -0.25) is 13.8 Å². The Bertz CT molecular complexity index is 891. The molecule has 334 valence electrons. The first-order chi connectivity index (χ1) is 27.4. The van der Waals surface area contributed by atoms with Gasteiger partial charge in [0.1, 0.15) is 0 Å². The third kappa shape index (κ3) is 41.4. The van der Waals surface area contributed by atoms with Gasteiger partial charge in [-0.2, -0.15) is 0 Å². The smallest absolute Gasteiger partial charge is 0.387 e. The van der Waals surface area contributed by atoms with Crippen molar-refractivity contribution in [1.29, 1.82) is 0 Å². The van der Waals surface area contributed by atoms with Crippen molar-refractivity contribution >= 4 is 13.7 Å². The molecule has 0 aliphatic carbocycles. The van der Waals surface area contributed by atoms with Crippen molar-refractivity contribution in [2.45, 2.75) is 264 Å². The molecule has 0 spiro atoms. The van der Waals surface area contributed by atoms with Crippen molar-refractivity contribution in [2.75, 3.05) is 19.8 Å². The van der Waals surface area contributed by atoms with Crippen molar-refractivity contribution < 1.29 is 28.4 Å². The number of phosphoric ester groups is 1. The maximum atomic E-state index is 12.8. The Morgan fingerprint density at radius 2 is 0.911 bits per heavy atom. The van der Waals surface area contributed by atoms with Crippen molar-refractivity contribution in [1.82, 2.24) is 5.32 Å². The fourth-order valence-electron chi connectivity index (χ4n) is 7.43. The number of carbonyl (C=O) groups excluding carboxylic acids is 1. The Kier molecular flexibility index (Phi) is 43.2. The number of phosphoric acid groups is 1. The summed E-state index contributed by atoms with van der Waals surface area (Å²) in [7, 11) is -4.33. The van der Waals surface area contributed by atoms with E-state index in [2.05, 4.69) is 19.2 Å². The van der Waals surface area contributed by atoms with E-state index < -0.39 is 20.0 Å². The highest BCUT2D eigenvalue weighted by Crippen LogP contribution is 2.43. The number of carbonyl (C=O) groups is 1. The van der Waals surface area contributed by atoms with Crippen molar-refractivity contribution in [3.63, 3.8) is 0 Å². The summed E-state index contributed by atoms with van der Waals surface area (Å²) in [5.41, 5.74) is 5.38. The summed E-state index contributed by atoms with van der Waals surface area (Å²) >= 11 is 0. The molecule has 0 fully saturated rings. The van der Waals surface area contributed by atoms with Crippen LogP contribution in [-0.2, 0) is 18.4 Å². The highest BCUT2D eigenvalue weighted by atomic mass is 31.2. The number of nitrogens with one attached hydrogen (secondary N) is 1. The molecular weight excluding hydrogens is 719 g/mol. The quantitative estimate of drug-likeness (QED) is 0.0273. The van der Waals surface area contributed by atoms with Crippen LogP contribution < -0.4 is 11.1 Å². The van der Waals surface area contributed by atoms with E-state index in [1.54, 1.807) is 6.08 Å². The van der Waals surface area contributed by atoms with E-state index in [1.807, 2.05) is 6.08 Å². The van der Waals surface area contributed by atoms with Crippen molar-refractivity contribution in [2.24, 2.45) is 5.73 Å². The van der Waals surface area contributed by atoms with Gasteiger partial charge in [-0.1, -0.05) is 238 Å². The molecule has 8 nitrogen and oxygen atoms in total. The van der Waals surface area contributed by atoms with Gasteiger partial charge in [0.2, 0.25) is 5.91 Å². The number of rotatable bonds is 46. The molecule has 5 N–H and O–H groups in total. The van der Waals surface area contributed by atoms with Gasteiger partial charge in [-0.15, -0.1) is 0 Å². The number of aliphatic hydroxyl groups is 1. The van der Waals surface area contributed by atoms with Crippen LogP contribution in [0.2, 0.25) is 0 Å². The van der Waals surface area contributed by atoms with E-state index in [1.165, 1.54) is 193 Å². The summed E-state index contributed by atoms with van der Waals surface area (Å²) in [6, 6.07) is -0.854. The second kappa shape index (κ2) is 43.8. The zero-order valence-electron chi connectivity index (χ0n) is 37.1. The third-order valence-corrected chi connectivity index (χ3v) is 12.1. The molecule has 3 atom stereocenters. The lowest BCUT2D eigenvalue weighted by Gasteiger charge is -2.23. The van der Waals surface area contributed by atoms with Crippen LogP contribution in [0.4, 0.5) is 0 Å². The number of unbranched alkanes of at least 4 members (excludes halogenated alkanes) is 34. The molecule has 0 rings (SSSR count). The molecule has 0 bridgehead atoms. The van der Waals surface area contributed by atoms with Crippen molar-refractivity contribution in [3.8, 4) is 0 Å². The number of amides is 1. The molecule has 0 heterocycles. The molecule has 0 saturated heterocycles. The topological polar surface area (TPSA) is 131 Å². The lowest BCUT2D eigenvalue weighted by atomic mass is 10.0. The zero-order valence-corrected chi connectivity index (χ0v) is 38.0. The lowest BCUT2D eigenvalue weighted by Crippen LogP contribution is -2.45. The van der Waals surface area contributed by atoms with Crippen LogP contribution in [0.5, 0.6) is 0 Å². The molecule has 1 amide bonds. The predicted octanol–water partition coefficient (Wildman–Crippen LogP) is 14.0. The first kappa shape index (κ1) is 55.2. The Labute approximate surface area is 347 Å². The molecule has 0 aliphatic heterocycles. The number of allylic oxidation sites excluding steroid dienone is 1. The van der Waals surface area contributed by atoms with E-state index in [9.17, 15) is 19.4 Å². The number of aliphatic hydroxyl groups excluding tert-OH is 1. The van der Waals surface area contributed by atoms with E-state index in [-0.39, 0.29) is 25.7 Å². The molecule has 0 saturated carbocycles. The molecular formula is C47H95N2O6P. The first-order valence-electron chi connectivity index (χ1n) is 24.3. The Hall–Kier alpha value is -0.760. The van der Waals surface area contributed by atoms with Crippen LogP contribution in [0.15, 0.2) is 12.2 Å². The Morgan fingerprint density at radius 3 is 1.27 bits per heavy atom. The van der Waals surface area contributed by atoms with Gasteiger partial charge in [0.05, 0.1) is 25.4 Å². The van der Waals surface area contributed by atoms with Crippen LogP contribution in [0.3, 0.4) is 0 Å². The maximum Gasteiger partial charge on any atom is 0.472 e. The SMILES string of the molecule is CCCCCCCCCCCCC/C=C/[C@@H](O)[C@H](COP(=O)(O)OCCN)NC(=O)CCCCCCCCCCCCCCCCCCCCCCCCCC. The minimum absolute atomic E-state index is 0.0814. The van der Waals surface area contributed by atoms with Gasteiger partial charge in [-0.05, 0) is 19.3 Å². The number of hydrogen-bond acceptors (Lipinski definition) is 6. The molecule has 56 heavy (non-hydrogen) atoms. The highest BCUT2D eigenvalue weighted by molar-refractivity contribution is 7.47. The van der Waals surface area contributed by atoms with Crippen LogP contribution in [0.1, 0.15) is 251 Å². The fraction of sp³-hybridized carbons (Fsp3) is 0.936. The number of nitrogens with two attached hydrogens (primary N) is 1. The Morgan fingerprint density at radius 1 is 0.571 bits per heavy atom. The minimum atomic E-state index is -4.33. The van der Waals surface area contributed by atoms with E-state index >= 15 is 0 Å². The normalized spacial score (nSPS) is 14.0. The average molecular weight is 815 g/mol. The average Bonchev–Trinajstić information content (AvgIpc) is 3.19. The molecule has 0 aliphatic rings. The molecule has 0 aromatic rings. The van der Waals surface area contributed by atoms with E-state index in [0.717, 1.165) is 38.5 Å². The van der Waals surface area contributed by atoms with Gasteiger partial charge in [0, 0.05) is 13.0 Å². The summed E-state index contributed by atoms with van der Waals surface area (Å²) < 4.78 is 22.2. The third-order valence-electron chi connectivity index (χ3n) is 11.1. The summed E-state index contributed by atoms with van der Waals surface area (Å²) in [6.07, 6.45) is 49.9. The van der Waals surface area contributed by atoms with Crippen LogP contribution in [0, 0.1) is 0 Å². The second-order valence-electron chi connectivity index (χ2n) is 16.7. The second-order valence-corrected chi connectivity index (χ2v) is 18.1. The summed E-state index contributed by atoms with van der Waals surface area (Å²) in [5, 5.41) is 13.7. The zero-order chi connectivity index (χ0) is 41.1. The van der Waals surface area contributed by atoms with Crippen LogP contribution in [-0.4, -0.2) is 47.8 Å². The van der Waals surface area contributed by atoms with Gasteiger partial charge < -0.3 is 21.1 Å². The van der Waals surface area contributed by atoms with E-state index in [4.69, 9.17) is 14.8 Å². The van der Waals surface area contributed by atoms with Gasteiger partial charge in [0.15, 0.2) is 0 Å². The lowest BCUT2D eigenvalue weighted by molar-refractivity contribution is -0.123. The molecule has 1 unspecified atom stereocenters. The summed E-state index contributed by atoms with van der Waals surface area (Å²) in [6.45, 7) is 4.16.